The van der Waals surface area contributed by atoms with Gasteiger partial charge in [0.15, 0.2) is 5.76 Å². The van der Waals surface area contributed by atoms with Gasteiger partial charge in [0.2, 0.25) is 5.95 Å². The van der Waals surface area contributed by atoms with Crippen molar-refractivity contribution in [1.29, 1.82) is 0 Å². The number of amides is 1. The molecule has 0 atom stereocenters. The Hall–Kier alpha value is -3.81. The van der Waals surface area contributed by atoms with Crippen LogP contribution >= 0.6 is 0 Å². The van der Waals surface area contributed by atoms with Crippen LogP contribution in [0.2, 0.25) is 0 Å². The van der Waals surface area contributed by atoms with E-state index >= 15 is 0 Å². The first-order chi connectivity index (χ1) is 14.8. The number of hydrogen-bond acceptors (Lipinski definition) is 7. The lowest BCUT2D eigenvalue weighted by molar-refractivity contribution is 0.0714. The van der Waals surface area contributed by atoms with Gasteiger partial charge >= 0.3 is 0 Å². The van der Waals surface area contributed by atoms with Crippen LogP contribution in [0, 0.1) is 0 Å². The maximum absolute atomic E-state index is 12.5. The highest BCUT2D eigenvalue weighted by molar-refractivity contribution is 5.92. The van der Waals surface area contributed by atoms with Crippen LogP contribution in [-0.2, 0) is 6.54 Å². The summed E-state index contributed by atoms with van der Waals surface area (Å²) < 4.78 is 10.7. The van der Waals surface area contributed by atoms with E-state index in [2.05, 4.69) is 10.2 Å². The number of aromatic nitrogens is 2. The number of anilines is 2. The molecular formula is C22H21N5O3. The Morgan fingerprint density at radius 1 is 0.933 bits per heavy atom. The smallest absolute Gasteiger partial charge is 0.289 e. The number of para-hydroxylation sites is 1. The molecule has 152 valence electrons. The molecule has 30 heavy (non-hydrogen) atoms. The first kappa shape index (κ1) is 18.2. The molecule has 0 unspecified atom stereocenters. The number of benzene rings is 1. The molecule has 1 N–H and O–H groups in total. The third kappa shape index (κ3) is 3.59. The lowest BCUT2D eigenvalue weighted by Gasteiger charge is -2.34. The van der Waals surface area contributed by atoms with E-state index in [1.807, 2.05) is 36.4 Å². The summed E-state index contributed by atoms with van der Waals surface area (Å²) in [6, 6.07) is 15.1. The van der Waals surface area contributed by atoms with Gasteiger partial charge in [-0.3, -0.25) is 4.79 Å². The second kappa shape index (κ2) is 7.90. The van der Waals surface area contributed by atoms with Gasteiger partial charge < -0.3 is 24.0 Å². The fraction of sp³-hybridized carbons (Fsp3) is 0.227. The molecule has 1 amide bonds. The van der Waals surface area contributed by atoms with Gasteiger partial charge in [0.25, 0.3) is 5.91 Å². The monoisotopic (exact) mass is 403 g/mol. The minimum absolute atomic E-state index is 0.0834. The second-order valence-corrected chi connectivity index (χ2v) is 7.08. The van der Waals surface area contributed by atoms with Crippen molar-refractivity contribution in [3.05, 3.63) is 72.6 Å². The van der Waals surface area contributed by atoms with Crippen LogP contribution in [0.3, 0.4) is 0 Å². The summed E-state index contributed by atoms with van der Waals surface area (Å²) in [6.07, 6.45) is 3.17. The number of carbonyl (C=O) groups is 1. The number of piperazine rings is 1. The molecule has 1 aliphatic rings. The number of furan rings is 2. The highest BCUT2D eigenvalue weighted by Gasteiger charge is 2.25. The number of nitrogens with one attached hydrogen (secondary N) is 1. The zero-order valence-corrected chi connectivity index (χ0v) is 16.3. The first-order valence-corrected chi connectivity index (χ1v) is 9.89. The highest BCUT2D eigenvalue weighted by Crippen LogP contribution is 2.25. The lowest BCUT2D eigenvalue weighted by atomic mass is 10.2. The van der Waals surface area contributed by atoms with Crippen molar-refractivity contribution in [3.63, 3.8) is 0 Å². The number of rotatable bonds is 5. The molecule has 1 fully saturated rings. The van der Waals surface area contributed by atoms with Crippen molar-refractivity contribution < 1.29 is 13.6 Å². The molecule has 8 nitrogen and oxygen atoms in total. The second-order valence-electron chi connectivity index (χ2n) is 7.08. The van der Waals surface area contributed by atoms with Gasteiger partial charge in [0.05, 0.1) is 24.6 Å². The fourth-order valence-corrected chi connectivity index (χ4v) is 3.59. The third-order valence-corrected chi connectivity index (χ3v) is 5.18. The van der Waals surface area contributed by atoms with Crippen molar-refractivity contribution in [1.82, 2.24) is 14.9 Å². The fourth-order valence-electron chi connectivity index (χ4n) is 3.59. The topological polar surface area (TPSA) is 87.6 Å². The maximum atomic E-state index is 12.5. The van der Waals surface area contributed by atoms with E-state index in [1.165, 1.54) is 6.26 Å². The van der Waals surface area contributed by atoms with Crippen molar-refractivity contribution in [2.45, 2.75) is 6.54 Å². The Bertz CT molecular complexity index is 1130. The van der Waals surface area contributed by atoms with E-state index in [-0.39, 0.29) is 5.91 Å². The van der Waals surface area contributed by atoms with E-state index in [4.69, 9.17) is 18.8 Å². The summed E-state index contributed by atoms with van der Waals surface area (Å²) in [7, 11) is 0. The Morgan fingerprint density at radius 2 is 1.73 bits per heavy atom. The van der Waals surface area contributed by atoms with E-state index in [9.17, 15) is 4.79 Å². The molecular weight excluding hydrogens is 382 g/mol. The van der Waals surface area contributed by atoms with Crippen LogP contribution < -0.4 is 10.2 Å². The molecule has 0 saturated carbocycles. The van der Waals surface area contributed by atoms with E-state index in [1.54, 1.807) is 23.3 Å². The maximum Gasteiger partial charge on any atom is 0.289 e. The van der Waals surface area contributed by atoms with Crippen molar-refractivity contribution in [2.75, 3.05) is 36.4 Å². The Balaban J connectivity index is 1.35. The van der Waals surface area contributed by atoms with Crippen LogP contribution in [0.25, 0.3) is 10.9 Å². The summed E-state index contributed by atoms with van der Waals surface area (Å²) in [6.45, 7) is 3.03. The molecule has 5 rings (SSSR count). The van der Waals surface area contributed by atoms with Crippen LogP contribution in [0.15, 0.2) is 69.9 Å². The van der Waals surface area contributed by atoms with Crippen LogP contribution in [-0.4, -0.2) is 47.0 Å². The predicted octanol–water partition coefficient (Wildman–Crippen LogP) is 3.39. The van der Waals surface area contributed by atoms with Gasteiger partial charge in [-0.1, -0.05) is 12.1 Å². The Kier molecular flexibility index (Phi) is 4.80. The van der Waals surface area contributed by atoms with E-state index in [0.29, 0.717) is 44.4 Å². The van der Waals surface area contributed by atoms with Crippen LogP contribution in [0.5, 0.6) is 0 Å². The normalized spacial score (nSPS) is 14.3. The van der Waals surface area contributed by atoms with Crippen molar-refractivity contribution >= 4 is 28.6 Å². The molecule has 4 heterocycles. The summed E-state index contributed by atoms with van der Waals surface area (Å²) in [5.74, 6) is 2.54. The zero-order chi connectivity index (χ0) is 20.3. The molecule has 4 aromatic rings. The quantitative estimate of drug-likeness (QED) is 0.546. The van der Waals surface area contributed by atoms with Crippen LogP contribution in [0.1, 0.15) is 16.3 Å². The largest absolute Gasteiger partial charge is 0.467 e. The summed E-state index contributed by atoms with van der Waals surface area (Å²) >= 11 is 0. The number of nitrogens with zero attached hydrogens (tertiary/aromatic N) is 4. The Labute approximate surface area is 173 Å². The molecule has 1 aromatic carbocycles. The van der Waals surface area contributed by atoms with E-state index < -0.39 is 0 Å². The standard InChI is InChI=1S/C22H21N5O3/c28-21(19-8-4-14-30-19)26-9-11-27(12-10-26)22-24-18-7-2-1-6-17(18)20(25-22)23-15-16-5-3-13-29-16/h1-8,13-14H,9-12,15H2,(H,23,24,25). The van der Waals surface area contributed by atoms with E-state index in [0.717, 1.165) is 22.5 Å². The minimum atomic E-state index is -0.0834. The lowest BCUT2D eigenvalue weighted by Crippen LogP contribution is -2.49. The molecule has 8 heteroatoms. The molecule has 1 aliphatic heterocycles. The Morgan fingerprint density at radius 3 is 2.50 bits per heavy atom. The molecule has 0 aliphatic carbocycles. The van der Waals surface area contributed by atoms with Gasteiger partial charge in [0.1, 0.15) is 11.6 Å². The van der Waals surface area contributed by atoms with Crippen molar-refractivity contribution in [2.24, 2.45) is 0 Å². The van der Waals surface area contributed by atoms with Gasteiger partial charge in [0, 0.05) is 31.6 Å². The number of fused-ring (bicyclic) bond motifs is 1. The molecule has 0 spiro atoms. The number of hydrogen-bond donors (Lipinski definition) is 1. The van der Waals surface area contributed by atoms with Gasteiger partial charge in [-0.05, 0) is 36.4 Å². The molecule has 0 radical (unpaired) electrons. The van der Waals surface area contributed by atoms with Crippen molar-refractivity contribution in [3.8, 4) is 0 Å². The van der Waals surface area contributed by atoms with Gasteiger partial charge in [-0.25, -0.2) is 4.98 Å². The summed E-state index contributed by atoms with van der Waals surface area (Å²) in [5.41, 5.74) is 0.874. The zero-order valence-electron chi connectivity index (χ0n) is 16.3. The molecule has 0 bridgehead atoms. The molecule has 1 saturated heterocycles. The average Bonchev–Trinajstić information content (AvgIpc) is 3.51. The summed E-state index contributed by atoms with van der Waals surface area (Å²) in [4.78, 5) is 25.9. The van der Waals surface area contributed by atoms with Gasteiger partial charge in [-0.2, -0.15) is 4.98 Å². The average molecular weight is 403 g/mol. The highest BCUT2D eigenvalue weighted by atomic mass is 16.3. The molecule has 3 aromatic heterocycles. The predicted molar refractivity (Wildman–Crippen MR) is 112 cm³/mol. The SMILES string of the molecule is O=C(c1ccco1)N1CCN(c2nc(NCc3ccco3)c3ccccc3n2)CC1. The minimum Gasteiger partial charge on any atom is -0.467 e. The number of carbonyl (C=O) groups excluding carboxylic acids is 1. The third-order valence-electron chi connectivity index (χ3n) is 5.18. The van der Waals surface area contributed by atoms with Gasteiger partial charge in [-0.15, -0.1) is 0 Å². The van der Waals surface area contributed by atoms with Crippen LogP contribution in [0.4, 0.5) is 11.8 Å². The first-order valence-electron chi connectivity index (χ1n) is 9.89. The summed E-state index contributed by atoms with van der Waals surface area (Å²) in [5, 5.41) is 4.32.